The molecular formula is C14H10ClF2NOS. The van der Waals surface area contributed by atoms with Crippen LogP contribution in [-0.4, -0.2) is 4.99 Å². The smallest absolute Gasteiger partial charge is 0.142 e. The maximum atomic E-state index is 13.6. The Kier molecular flexibility index (Phi) is 4.52. The highest BCUT2D eigenvalue weighted by molar-refractivity contribution is 7.80. The van der Waals surface area contributed by atoms with Gasteiger partial charge in [0, 0.05) is 0 Å². The second-order valence-electron chi connectivity index (χ2n) is 4.01. The molecule has 0 radical (unpaired) electrons. The molecule has 20 heavy (non-hydrogen) atoms. The minimum atomic E-state index is -0.558. The van der Waals surface area contributed by atoms with Crippen LogP contribution in [0.3, 0.4) is 0 Å². The van der Waals surface area contributed by atoms with Crippen molar-refractivity contribution in [3.8, 4) is 5.75 Å². The summed E-state index contributed by atoms with van der Waals surface area (Å²) in [5.74, 6) is -0.883. The van der Waals surface area contributed by atoms with Crippen LogP contribution in [0.1, 0.15) is 11.1 Å². The number of hydrogen-bond acceptors (Lipinski definition) is 2. The Labute approximate surface area is 125 Å². The molecular weight excluding hydrogens is 304 g/mol. The fourth-order valence-electron chi connectivity index (χ4n) is 1.65. The second-order valence-corrected chi connectivity index (χ2v) is 4.86. The van der Waals surface area contributed by atoms with Crippen LogP contribution in [0.4, 0.5) is 8.78 Å². The maximum Gasteiger partial charge on any atom is 0.142 e. The van der Waals surface area contributed by atoms with Crippen LogP contribution in [-0.2, 0) is 6.61 Å². The van der Waals surface area contributed by atoms with Gasteiger partial charge in [-0.2, -0.15) is 0 Å². The zero-order valence-electron chi connectivity index (χ0n) is 10.2. The largest absolute Gasteiger partial charge is 0.488 e. The van der Waals surface area contributed by atoms with Gasteiger partial charge in [0.1, 0.15) is 29.0 Å². The van der Waals surface area contributed by atoms with Gasteiger partial charge in [0.15, 0.2) is 0 Å². The summed E-state index contributed by atoms with van der Waals surface area (Å²) in [5.41, 5.74) is 6.06. The van der Waals surface area contributed by atoms with E-state index in [1.165, 1.54) is 24.3 Å². The molecule has 0 saturated heterocycles. The average Bonchev–Trinajstić information content (AvgIpc) is 2.39. The Hall–Kier alpha value is -1.72. The van der Waals surface area contributed by atoms with Gasteiger partial charge in [0.25, 0.3) is 0 Å². The van der Waals surface area contributed by atoms with E-state index in [4.69, 9.17) is 34.3 Å². The molecule has 6 heteroatoms. The van der Waals surface area contributed by atoms with Gasteiger partial charge in [0.05, 0.1) is 10.6 Å². The molecule has 2 aromatic rings. The van der Waals surface area contributed by atoms with E-state index in [9.17, 15) is 8.78 Å². The monoisotopic (exact) mass is 313 g/mol. The van der Waals surface area contributed by atoms with Crippen molar-refractivity contribution in [3.63, 3.8) is 0 Å². The van der Waals surface area contributed by atoms with Crippen LogP contribution in [0.15, 0.2) is 36.4 Å². The van der Waals surface area contributed by atoms with Crippen LogP contribution in [0.5, 0.6) is 5.75 Å². The van der Waals surface area contributed by atoms with Crippen molar-refractivity contribution in [2.75, 3.05) is 0 Å². The summed E-state index contributed by atoms with van der Waals surface area (Å²) in [6, 6.07) is 8.56. The molecule has 0 aliphatic heterocycles. The Balaban J connectivity index is 2.21. The number of rotatable bonds is 4. The summed E-state index contributed by atoms with van der Waals surface area (Å²) in [7, 11) is 0. The van der Waals surface area contributed by atoms with Crippen molar-refractivity contribution in [1.29, 1.82) is 0 Å². The molecule has 0 atom stereocenters. The second kappa shape index (κ2) is 6.15. The van der Waals surface area contributed by atoms with Crippen molar-refractivity contribution in [3.05, 3.63) is 64.2 Å². The topological polar surface area (TPSA) is 35.2 Å². The molecule has 2 rings (SSSR count). The van der Waals surface area contributed by atoms with E-state index in [-0.39, 0.29) is 27.9 Å². The molecule has 0 unspecified atom stereocenters. The van der Waals surface area contributed by atoms with Crippen LogP contribution >= 0.6 is 23.8 Å². The highest BCUT2D eigenvalue weighted by atomic mass is 35.5. The number of hydrogen-bond donors (Lipinski definition) is 1. The van der Waals surface area contributed by atoms with Crippen LogP contribution < -0.4 is 10.5 Å². The number of halogens is 3. The lowest BCUT2D eigenvalue weighted by Crippen LogP contribution is -2.14. The van der Waals surface area contributed by atoms with Crippen molar-refractivity contribution in [2.45, 2.75) is 6.61 Å². The third kappa shape index (κ3) is 3.23. The zero-order valence-corrected chi connectivity index (χ0v) is 11.8. The Morgan fingerprint density at radius 3 is 2.60 bits per heavy atom. The molecule has 2 nitrogen and oxygen atoms in total. The fourth-order valence-corrected chi connectivity index (χ4v) is 1.97. The normalized spacial score (nSPS) is 10.3. The molecule has 0 heterocycles. The van der Waals surface area contributed by atoms with E-state index in [0.717, 1.165) is 0 Å². The lowest BCUT2D eigenvalue weighted by atomic mass is 10.2. The van der Waals surface area contributed by atoms with Gasteiger partial charge >= 0.3 is 0 Å². The standard InChI is InChI=1S/C14H10ClF2NOS/c15-9-5-4-8(6-11(9)17)7-19-12-3-1-2-10(16)13(12)14(18)20/h1-6H,7H2,(H2,18,20). The van der Waals surface area contributed by atoms with E-state index in [0.29, 0.717) is 5.56 Å². The molecule has 0 amide bonds. The quantitative estimate of drug-likeness (QED) is 0.871. The number of ether oxygens (including phenoxy) is 1. The van der Waals surface area contributed by atoms with Gasteiger partial charge in [-0.1, -0.05) is 36.0 Å². The lowest BCUT2D eigenvalue weighted by molar-refractivity contribution is 0.303. The summed E-state index contributed by atoms with van der Waals surface area (Å²) < 4.78 is 32.4. The molecule has 0 fully saturated rings. The minimum Gasteiger partial charge on any atom is -0.488 e. The molecule has 0 bridgehead atoms. The third-order valence-corrected chi connectivity index (χ3v) is 3.11. The van der Waals surface area contributed by atoms with Gasteiger partial charge in [0.2, 0.25) is 0 Å². The van der Waals surface area contributed by atoms with Crippen LogP contribution in [0.2, 0.25) is 5.02 Å². The van der Waals surface area contributed by atoms with Crippen molar-refractivity contribution >= 4 is 28.8 Å². The van der Waals surface area contributed by atoms with Gasteiger partial charge in [-0.05, 0) is 29.8 Å². The number of nitrogens with two attached hydrogens (primary N) is 1. The Bertz CT molecular complexity index is 664. The summed E-state index contributed by atoms with van der Waals surface area (Å²) in [6.45, 7) is 0.0488. The highest BCUT2D eigenvalue weighted by Crippen LogP contribution is 2.23. The maximum absolute atomic E-state index is 13.6. The summed E-state index contributed by atoms with van der Waals surface area (Å²) in [6.07, 6.45) is 0. The van der Waals surface area contributed by atoms with E-state index < -0.39 is 11.6 Å². The van der Waals surface area contributed by atoms with Gasteiger partial charge in [-0.15, -0.1) is 0 Å². The van der Waals surface area contributed by atoms with Crippen molar-refractivity contribution in [2.24, 2.45) is 5.73 Å². The molecule has 104 valence electrons. The van der Waals surface area contributed by atoms with Gasteiger partial charge in [-0.3, -0.25) is 0 Å². The molecule has 2 aromatic carbocycles. The molecule has 0 spiro atoms. The average molecular weight is 314 g/mol. The first-order valence-electron chi connectivity index (χ1n) is 5.64. The molecule has 0 aliphatic carbocycles. The molecule has 0 aromatic heterocycles. The lowest BCUT2D eigenvalue weighted by Gasteiger charge is -2.11. The SMILES string of the molecule is NC(=S)c1c(F)cccc1OCc1ccc(Cl)c(F)c1. The highest BCUT2D eigenvalue weighted by Gasteiger charge is 2.12. The Morgan fingerprint density at radius 1 is 1.20 bits per heavy atom. The third-order valence-electron chi connectivity index (χ3n) is 2.60. The van der Waals surface area contributed by atoms with Crippen molar-refractivity contribution < 1.29 is 13.5 Å². The fraction of sp³-hybridized carbons (Fsp3) is 0.0714. The number of benzene rings is 2. The minimum absolute atomic E-state index is 0.0309. The van der Waals surface area contributed by atoms with E-state index in [1.54, 1.807) is 12.1 Å². The zero-order chi connectivity index (χ0) is 14.7. The van der Waals surface area contributed by atoms with E-state index in [2.05, 4.69) is 0 Å². The van der Waals surface area contributed by atoms with Crippen LogP contribution in [0, 0.1) is 11.6 Å². The van der Waals surface area contributed by atoms with Gasteiger partial charge in [-0.25, -0.2) is 8.78 Å². The Morgan fingerprint density at radius 2 is 1.95 bits per heavy atom. The summed E-state index contributed by atoms with van der Waals surface area (Å²) >= 11 is 10.4. The summed E-state index contributed by atoms with van der Waals surface area (Å²) in [5, 5.41) is 0.0309. The van der Waals surface area contributed by atoms with Gasteiger partial charge < -0.3 is 10.5 Å². The van der Waals surface area contributed by atoms with E-state index in [1.807, 2.05) is 0 Å². The molecule has 0 saturated carbocycles. The first kappa shape index (κ1) is 14.7. The van der Waals surface area contributed by atoms with Crippen molar-refractivity contribution in [1.82, 2.24) is 0 Å². The first-order chi connectivity index (χ1) is 9.49. The summed E-state index contributed by atoms with van der Waals surface area (Å²) in [4.78, 5) is -0.0969. The molecule has 2 N–H and O–H groups in total. The first-order valence-corrected chi connectivity index (χ1v) is 6.42. The predicted octanol–water partition coefficient (Wildman–Crippen LogP) is 3.83. The van der Waals surface area contributed by atoms with E-state index >= 15 is 0 Å². The number of thiocarbonyl (C=S) groups is 1. The van der Waals surface area contributed by atoms with Crippen LogP contribution in [0.25, 0.3) is 0 Å². The predicted molar refractivity (Wildman–Crippen MR) is 78.0 cm³/mol. The molecule has 0 aliphatic rings.